The van der Waals surface area contributed by atoms with Gasteiger partial charge < -0.3 is 16.0 Å². The third-order valence-electron chi connectivity index (χ3n) is 3.70. The van der Waals surface area contributed by atoms with Gasteiger partial charge in [0.05, 0.1) is 5.69 Å². The first-order valence-electron chi connectivity index (χ1n) is 7.00. The van der Waals surface area contributed by atoms with Crippen LogP contribution in [0, 0.1) is 0 Å². The van der Waals surface area contributed by atoms with Gasteiger partial charge in [0.1, 0.15) is 0 Å². The number of nitrogens with one attached hydrogen (secondary N) is 1. The number of likely N-dealkylation sites (tertiary alicyclic amines) is 1. The van der Waals surface area contributed by atoms with Crippen molar-refractivity contribution in [3.8, 4) is 0 Å². The van der Waals surface area contributed by atoms with Crippen LogP contribution in [0.5, 0.6) is 0 Å². The summed E-state index contributed by atoms with van der Waals surface area (Å²) in [4.78, 5) is 14.5. The van der Waals surface area contributed by atoms with Gasteiger partial charge in [-0.05, 0) is 26.3 Å². The SMILES string of the molecule is CCN1CCC(NC(=O)c2nn(CC)cc2N)CC1. The molecule has 1 aromatic heterocycles. The smallest absolute Gasteiger partial charge is 0.274 e. The summed E-state index contributed by atoms with van der Waals surface area (Å²) >= 11 is 0. The van der Waals surface area contributed by atoms with Crippen molar-refractivity contribution in [2.75, 3.05) is 25.4 Å². The Morgan fingerprint density at radius 3 is 2.63 bits per heavy atom. The Morgan fingerprint density at radius 1 is 1.42 bits per heavy atom. The van der Waals surface area contributed by atoms with Gasteiger partial charge >= 0.3 is 0 Å². The topological polar surface area (TPSA) is 76.2 Å². The fourth-order valence-corrected chi connectivity index (χ4v) is 2.42. The fourth-order valence-electron chi connectivity index (χ4n) is 2.42. The number of carbonyl (C=O) groups is 1. The van der Waals surface area contributed by atoms with E-state index >= 15 is 0 Å². The molecule has 1 fully saturated rings. The van der Waals surface area contributed by atoms with Crippen LogP contribution in [0.4, 0.5) is 5.69 Å². The fraction of sp³-hybridized carbons (Fsp3) is 0.692. The molecule has 1 amide bonds. The number of anilines is 1. The van der Waals surface area contributed by atoms with E-state index in [4.69, 9.17) is 5.73 Å². The van der Waals surface area contributed by atoms with E-state index in [9.17, 15) is 4.79 Å². The number of hydrogen-bond acceptors (Lipinski definition) is 4. The molecule has 0 saturated carbocycles. The molecule has 1 aliphatic rings. The number of aryl methyl sites for hydroxylation is 1. The molecule has 3 N–H and O–H groups in total. The Bertz CT molecular complexity index is 434. The summed E-state index contributed by atoms with van der Waals surface area (Å²) in [5.41, 5.74) is 6.61. The number of aromatic nitrogens is 2. The van der Waals surface area contributed by atoms with Crippen LogP contribution in [0.15, 0.2) is 6.20 Å². The zero-order valence-electron chi connectivity index (χ0n) is 11.7. The molecule has 2 rings (SSSR count). The normalized spacial score (nSPS) is 17.6. The molecular weight excluding hydrogens is 242 g/mol. The molecule has 1 saturated heterocycles. The van der Waals surface area contributed by atoms with Crippen LogP contribution in [-0.2, 0) is 6.54 Å². The second kappa shape index (κ2) is 6.06. The number of hydrogen-bond donors (Lipinski definition) is 2. The lowest BCUT2D eigenvalue weighted by molar-refractivity contribution is 0.0907. The average molecular weight is 265 g/mol. The van der Waals surface area contributed by atoms with Gasteiger partial charge in [-0.2, -0.15) is 5.10 Å². The maximum Gasteiger partial charge on any atom is 0.274 e. The van der Waals surface area contributed by atoms with Gasteiger partial charge in [-0.15, -0.1) is 0 Å². The summed E-state index contributed by atoms with van der Waals surface area (Å²) in [6.45, 7) is 8.01. The van der Waals surface area contributed by atoms with Gasteiger partial charge in [-0.3, -0.25) is 9.48 Å². The lowest BCUT2D eigenvalue weighted by Crippen LogP contribution is -2.44. The number of nitrogens with two attached hydrogens (primary N) is 1. The maximum absolute atomic E-state index is 12.1. The largest absolute Gasteiger partial charge is 0.396 e. The third kappa shape index (κ3) is 3.26. The first-order valence-corrected chi connectivity index (χ1v) is 7.00. The Labute approximate surface area is 113 Å². The molecule has 0 unspecified atom stereocenters. The van der Waals surface area contributed by atoms with Crippen LogP contribution in [0.1, 0.15) is 37.2 Å². The molecule has 2 heterocycles. The van der Waals surface area contributed by atoms with Crippen LogP contribution in [-0.4, -0.2) is 46.3 Å². The second-order valence-corrected chi connectivity index (χ2v) is 4.97. The van der Waals surface area contributed by atoms with Crippen LogP contribution < -0.4 is 11.1 Å². The highest BCUT2D eigenvalue weighted by Crippen LogP contribution is 2.13. The lowest BCUT2D eigenvalue weighted by Gasteiger charge is -2.31. The van der Waals surface area contributed by atoms with E-state index < -0.39 is 0 Å². The molecule has 1 aliphatic heterocycles. The number of amides is 1. The molecule has 6 heteroatoms. The Morgan fingerprint density at radius 2 is 2.11 bits per heavy atom. The lowest BCUT2D eigenvalue weighted by atomic mass is 10.0. The van der Waals surface area contributed by atoms with Gasteiger partial charge in [0, 0.05) is 31.9 Å². The summed E-state index contributed by atoms with van der Waals surface area (Å²) in [5, 5.41) is 7.23. The molecular formula is C13H23N5O. The van der Waals surface area contributed by atoms with Crippen molar-refractivity contribution < 1.29 is 4.79 Å². The molecule has 0 aromatic carbocycles. The summed E-state index contributed by atoms with van der Waals surface area (Å²) < 4.78 is 1.68. The van der Waals surface area contributed by atoms with Crippen molar-refractivity contribution in [2.24, 2.45) is 0 Å². The zero-order valence-corrected chi connectivity index (χ0v) is 11.7. The van der Waals surface area contributed by atoms with E-state index in [0.29, 0.717) is 17.9 Å². The molecule has 1 aromatic rings. The molecule has 0 atom stereocenters. The molecule has 0 spiro atoms. The van der Waals surface area contributed by atoms with Crippen molar-refractivity contribution in [1.29, 1.82) is 0 Å². The van der Waals surface area contributed by atoms with E-state index in [2.05, 4.69) is 22.2 Å². The first kappa shape index (κ1) is 13.9. The molecule has 0 radical (unpaired) electrons. The summed E-state index contributed by atoms with van der Waals surface area (Å²) in [7, 11) is 0. The van der Waals surface area contributed by atoms with Gasteiger partial charge in [-0.25, -0.2) is 0 Å². The standard InChI is InChI=1S/C13H23N5O/c1-3-17-7-5-10(6-8-17)15-13(19)12-11(14)9-18(4-2)16-12/h9-10H,3-8,14H2,1-2H3,(H,15,19). The number of rotatable bonds is 4. The van der Waals surface area contributed by atoms with Gasteiger partial charge in [0.25, 0.3) is 5.91 Å². The Hall–Kier alpha value is -1.56. The monoisotopic (exact) mass is 265 g/mol. The first-order chi connectivity index (χ1) is 9.13. The highest BCUT2D eigenvalue weighted by Gasteiger charge is 2.22. The van der Waals surface area contributed by atoms with Crippen LogP contribution >= 0.6 is 0 Å². The van der Waals surface area contributed by atoms with E-state index in [1.165, 1.54) is 0 Å². The van der Waals surface area contributed by atoms with E-state index in [1.54, 1.807) is 10.9 Å². The number of nitrogens with zero attached hydrogens (tertiary/aromatic N) is 3. The van der Waals surface area contributed by atoms with Gasteiger partial charge in [0.2, 0.25) is 0 Å². The highest BCUT2D eigenvalue weighted by atomic mass is 16.2. The van der Waals surface area contributed by atoms with Crippen molar-refractivity contribution in [2.45, 2.75) is 39.3 Å². The van der Waals surface area contributed by atoms with Gasteiger partial charge in [-0.1, -0.05) is 6.92 Å². The van der Waals surface area contributed by atoms with E-state index in [1.807, 2.05) is 6.92 Å². The average Bonchev–Trinajstić information content (AvgIpc) is 2.81. The maximum atomic E-state index is 12.1. The summed E-state index contributed by atoms with van der Waals surface area (Å²) in [6, 6.07) is 0.237. The van der Waals surface area contributed by atoms with E-state index in [0.717, 1.165) is 32.5 Å². The zero-order chi connectivity index (χ0) is 13.8. The second-order valence-electron chi connectivity index (χ2n) is 4.97. The van der Waals surface area contributed by atoms with Crippen molar-refractivity contribution in [1.82, 2.24) is 20.0 Å². The van der Waals surface area contributed by atoms with E-state index in [-0.39, 0.29) is 11.9 Å². The number of piperidine rings is 1. The minimum atomic E-state index is -0.153. The molecule has 0 aliphatic carbocycles. The van der Waals surface area contributed by atoms with Crippen molar-refractivity contribution in [3.05, 3.63) is 11.9 Å². The van der Waals surface area contributed by atoms with Crippen LogP contribution in [0.3, 0.4) is 0 Å². The van der Waals surface area contributed by atoms with Crippen molar-refractivity contribution in [3.63, 3.8) is 0 Å². The summed E-state index contributed by atoms with van der Waals surface area (Å²) in [6.07, 6.45) is 3.69. The van der Waals surface area contributed by atoms with Crippen molar-refractivity contribution >= 4 is 11.6 Å². The molecule has 0 bridgehead atoms. The molecule has 19 heavy (non-hydrogen) atoms. The summed E-state index contributed by atoms with van der Waals surface area (Å²) in [5.74, 6) is -0.153. The predicted molar refractivity (Wildman–Crippen MR) is 74.9 cm³/mol. The Kier molecular flexibility index (Phi) is 4.42. The highest BCUT2D eigenvalue weighted by molar-refractivity contribution is 5.97. The van der Waals surface area contributed by atoms with Gasteiger partial charge in [0.15, 0.2) is 5.69 Å². The molecule has 6 nitrogen and oxygen atoms in total. The predicted octanol–water partition coefficient (Wildman–Crippen LogP) is 0.699. The van der Waals surface area contributed by atoms with Crippen LogP contribution in [0.25, 0.3) is 0 Å². The Balaban J connectivity index is 1.92. The third-order valence-corrected chi connectivity index (χ3v) is 3.70. The minimum Gasteiger partial charge on any atom is -0.396 e. The minimum absolute atomic E-state index is 0.153. The quantitative estimate of drug-likeness (QED) is 0.840. The molecule has 106 valence electrons. The number of carbonyl (C=O) groups excluding carboxylic acids is 1. The van der Waals surface area contributed by atoms with Crippen LogP contribution in [0.2, 0.25) is 0 Å². The number of nitrogen functional groups attached to an aromatic ring is 1.